The second-order valence-electron chi connectivity index (χ2n) is 19.5. The molecule has 4 heterocycles. The topological polar surface area (TPSA) is 56.7 Å². The van der Waals surface area contributed by atoms with E-state index in [4.69, 9.17) is 19.4 Å². The maximum Gasteiger partial charge on any atom is 0.216 e. The monoisotopic (exact) mass is 1100 g/mol. The van der Waals surface area contributed by atoms with Gasteiger partial charge in [0.15, 0.2) is 0 Å². The van der Waals surface area contributed by atoms with Gasteiger partial charge in [-0.3, -0.25) is 4.98 Å². The van der Waals surface area contributed by atoms with E-state index in [0.29, 0.717) is 11.6 Å². The molecule has 10 aromatic rings. The van der Waals surface area contributed by atoms with Gasteiger partial charge in [-0.25, -0.2) is 4.98 Å². The van der Waals surface area contributed by atoms with Crippen molar-refractivity contribution in [2.24, 2.45) is 5.92 Å². The zero-order chi connectivity index (χ0) is 45.5. The number of furan rings is 1. The Morgan fingerprint density at radius 1 is 0.727 bits per heavy atom. The Hall–Kier alpha value is -5.92. The van der Waals surface area contributed by atoms with E-state index in [2.05, 4.69) is 209 Å². The van der Waals surface area contributed by atoms with Crippen LogP contribution in [0.5, 0.6) is 0 Å². The molecule has 0 saturated heterocycles. The van der Waals surface area contributed by atoms with E-state index in [1.807, 2.05) is 24.3 Å². The number of aromatic nitrogens is 4. The van der Waals surface area contributed by atoms with E-state index in [-0.39, 0.29) is 25.5 Å². The summed E-state index contributed by atoms with van der Waals surface area (Å²) >= 11 is -1.86. The molecule has 0 amide bonds. The van der Waals surface area contributed by atoms with Crippen molar-refractivity contribution in [1.29, 1.82) is 0 Å². The smallest absolute Gasteiger partial charge is 0.216 e. The quantitative estimate of drug-likeness (QED) is 0.112. The van der Waals surface area contributed by atoms with Crippen LogP contribution in [0.15, 0.2) is 162 Å². The molecule has 0 atom stereocenters. The molecule has 333 valence electrons. The van der Waals surface area contributed by atoms with Gasteiger partial charge in [0.25, 0.3) is 0 Å². The standard InChI is InChI=1S/C41H32N3O.C18H24GeN.Ir/c1-26-22-23-32(38-36(26)31-24-25-35(41(2,3)4)43-40(31)45-38)39-42-33-20-11-12-21-34(33)44(39)37-29(27-14-7-5-8-15-27)18-13-19-30(37)28-16-9-6-10-17-28;1-14(2)11-16-12-18(15-9-7-6-8-10-15)20-13-17(16)19(3,4)5;/h5-22,24-25H,1-4H3;6-9,12-14H,11H2,1-5H3;/q2*-1;. The predicted octanol–water partition coefficient (Wildman–Crippen LogP) is 15.0. The Kier molecular flexibility index (Phi) is 13.5. The van der Waals surface area contributed by atoms with Crippen molar-refractivity contribution >= 4 is 50.8 Å². The molecule has 0 unspecified atom stereocenters. The molecule has 0 saturated carbocycles. The summed E-state index contributed by atoms with van der Waals surface area (Å²) in [4.78, 5) is 15.0. The van der Waals surface area contributed by atoms with E-state index in [1.165, 1.54) is 5.56 Å². The van der Waals surface area contributed by atoms with Crippen LogP contribution in [0.4, 0.5) is 0 Å². The molecule has 0 aliphatic carbocycles. The van der Waals surface area contributed by atoms with Gasteiger partial charge in [0.05, 0.1) is 28.1 Å². The Labute approximate surface area is 406 Å². The van der Waals surface area contributed by atoms with Crippen molar-refractivity contribution in [1.82, 2.24) is 19.5 Å². The summed E-state index contributed by atoms with van der Waals surface area (Å²) < 4.78 is 10.5. The largest absolute Gasteiger partial charge is 0.486 e. The predicted molar refractivity (Wildman–Crippen MR) is 275 cm³/mol. The number of rotatable bonds is 8. The van der Waals surface area contributed by atoms with Crippen molar-refractivity contribution in [3.05, 3.63) is 187 Å². The van der Waals surface area contributed by atoms with Crippen LogP contribution in [0.3, 0.4) is 0 Å². The zero-order valence-corrected chi connectivity index (χ0v) is 43.8. The van der Waals surface area contributed by atoms with Gasteiger partial charge in [-0.15, -0.1) is 17.7 Å². The second kappa shape index (κ2) is 19.1. The van der Waals surface area contributed by atoms with Crippen LogP contribution in [-0.4, -0.2) is 32.8 Å². The van der Waals surface area contributed by atoms with Crippen LogP contribution in [0.2, 0.25) is 17.3 Å². The molecule has 6 aromatic carbocycles. The first-order chi connectivity index (χ1) is 31.3. The number of fused-ring (bicyclic) bond motifs is 4. The molecule has 0 aliphatic rings. The van der Waals surface area contributed by atoms with Gasteiger partial charge in [0.2, 0.25) is 5.71 Å². The number of hydrogen-bond donors (Lipinski definition) is 0. The number of imidazole rings is 1. The van der Waals surface area contributed by atoms with Crippen molar-refractivity contribution in [2.45, 2.75) is 70.6 Å². The summed E-state index contributed by atoms with van der Waals surface area (Å²) in [5.41, 5.74) is 15.3. The molecule has 4 aromatic heterocycles. The first-order valence-corrected chi connectivity index (χ1v) is 30.0. The fourth-order valence-electron chi connectivity index (χ4n) is 8.83. The van der Waals surface area contributed by atoms with Gasteiger partial charge < -0.3 is 8.98 Å². The van der Waals surface area contributed by atoms with Crippen LogP contribution in [0.25, 0.3) is 83.7 Å². The maximum atomic E-state index is 6.68. The molecule has 1 radical (unpaired) electrons. The van der Waals surface area contributed by atoms with Crippen molar-refractivity contribution in [2.75, 3.05) is 0 Å². The molecule has 0 spiro atoms. The normalized spacial score (nSPS) is 11.8. The fourth-order valence-corrected chi connectivity index (χ4v) is 12.2. The maximum absolute atomic E-state index is 6.68. The number of para-hydroxylation sites is 3. The zero-order valence-electron chi connectivity index (χ0n) is 39.3. The minimum atomic E-state index is -1.86. The molecule has 0 bridgehead atoms. The summed E-state index contributed by atoms with van der Waals surface area (Å²) in [5, 5.41) is 2.05. The van der Waals surface area contributed by atoms with Crippen LogP contribution >= 0.6 is 0 Å². The first-order valence-electron chi connectivity index (χ1n) is 22.7. The third-order valence-electron chi connectivity index (χ3n) is 12.0. The Balaban J connectivity index is 0.000000238. The van der Waals surface area contributed by atoms with E-state index < -0.39 is 13.3 Å². The van der Waals surface area contributed by atoms with Crippen molar-refractivity contribution in [3.63, 3.8) is 0 Å². The van der Waals surface area contributed by atoms with Crippen LogP contribution in [0, 0.1) is 25.0 Å². The van der Waals surface area contributed by atoms with Crippen molar-refractivity contribution in [3.8, 4) is 50.6 Å². The molecule has 5 nitrogen and oxygen atoms in total. The Morgan fingerprint density at radius 2 is 1.38 bits per heavy atom. The SMILES string of the molecule is CC(C)Cc1cc(-c2[c-]cccc2)nc[c]1[Ge]([CH3])([CH3])[CH3].Cc1c[c-]c(-c2nc3ccccc3n2-c2c(-c3ccccc3)cccc2-c2ccccc2)c2oc3nc(C(C)(C)C)ccc3c12.[Ir]. The molecular weight excluding hydrogens is 1050 g/mol. The molecule has 0 N–H and O–H groups in total. The number of hydrogen-bond acceptors (Lipinski definition) is 4. The van der Waals surface area contributed by atoms with Gasteiger partial charge in [-0.05, 0) is 35.4 Å². The number of benzene rings is 6. The van der Waals surface area contributed by atoms with Gasteiger partial charge in [-0.2, -0.15) is 0 Å². The van der Waals surface area contributed by atoms with Gasteiger partial charge >= 0.3 is 126 Å². The molecule has 0 fully saturated rings. The molecule has 66 heavy (non-hydrogen) atoms. The first kappa shape index (κ1) is 46.6. The second-order valence-corrected chi connectivity index (χ2v) is 30.1. The van der Waals surface area contributed by atoms with Gasteiger partial charge in [0, 0.05) is 47.7 Å². The fraction of sp³-hybridized carbons (Fsp3) is 0.203. The van der Waals surface area contributed by atoms with E-state index >= 15 is 0 Å². The molecular formula is C59H56GeIrN4O-2. The van der Waals surface area contributed by atoms with Crippen LogP contribution in [0.1, 0.15) is 51.4 Å². The summed E-state index contributed by atoms with van der Waals surface area (Å²) in [6, 6.07) is 59.5. The average molecular weight is 1100 g/mol. The minimum Gasteiger partial charge on any atom is -0.486 e. The van der Waals surface area contributed by atoms with Gasteiger partial charge in [0.1, 0.15) is 0 Å². The Morgan fingerprint density at radius 3 is 2.00 bits per heavy atom. The van der Waals surface area contributed by atoms with Crippen molar-refractivity contribution < 1.29 is 24.5 Å². The van der Waals surface area contributed by atoms with E-state index in [1.54, 1.807) is 4.40 Å². The van der Waals surface area contributed by atoms with Crippen LogP contribution < -0.4 is 4.40 Å². The van der Waals surface area contributed by atoms with E-state index in [9.17, 15) is 0 Å². The summed E-state index contributed by atoms with van der Waals surface area (Å²) in [7, 11) is 0. The third-order valence-corrected chi connectivity index (χ3v) is 16.3. The Bertz CT molecular complexity index is 3230. The molecule has 7 heteroatoms. The minimum absolute atomic E-state index is 0. The molecule has 10 rings (SSSR count). The van der Waals surface area contributed by atoms with Gasteiger partial charge in [-0.1, -0.05) is 130 Å². The third kappa shape index (κ3) is 9.37. The number of pyridine rings is 2. The van der Waals surface area contributed by atoms with Crippen LogP contribution in [-0.2, 0) is 31.9 Å². The number of aryl methyl sites for hydroxylation is 1. The average Bonchev–Trinajstić information content (AvgIpc) is 3.88. The van der Waals surface area contributed by atoms with E-state index in [0.717, 1.165) is 95.7 Å². The number of nitrogens with zero attached hydrogens (tertiary/aromatic N) is 4. The summed E-state index contributed by atoms with van der Waals surface area (Å²) in [5.74, 6) is 8.77. The molecule has 0 aliphatic heterocycles. The summed E-state index contributed by atoms with van der Waals surface area (Å²) in [6.45, 7) is 13.2. The summed E-state index contributed by atoms with van der Waals surface area (Å²) in [6.07, 6.45) is 3.27.